The number of carbonyl (C=O) groups is 1. The molecule has 1 amide bonds. The van der Waals surface area contributed by atoms with Gasteiger partial charge in [0.25, 0.3) is 15.9 Å². The van der Waals surface area contributed by atoms with Crippen LogP contribution in [0.1, 0.15) is 21.5 Å². The van der Waals surface area contributed by atoms with Gasteiger partial charge in [-0.1, -0.05) is 36.4 Å². The van der Waals surface area contributed by atoms with Crippen molar-refractivity contribution in [1.29, 1.82) is 0 Å². The molecular formula is C20H18N2O3S2. The van der Waals surface area contributed by atoms with Crippen LogP contribution < -0.4 is 4.72 Å². The molecule has 0 saturated heterocycles. The Kier molecular flexibility index (Phi) is 4.72. The van der Waals surface area contributed by atoms with E-state index in [1.807, 2.05) is 18.2 Å². The van der Waals surface area contributed by atoms with Gasteiger partial charge in [-0.05, 0) is 47.2 Å². The lowest BCUT2D eigenvalue weighted by molar-refractivity contribution is 0.0734. The third-order valence-electron chi connectivity index (χ3n) is 4.54. The number of nitrogens with one attached hydrogen (secondary N) is 1. The van der Waals surface area contributed by atoms with Crippen LogP contribution in [0.2, 0.25) is 0 Å². The van der Waals surface area contributed by atoms with Gasteiger partial charge in [-0.3, -0.25) is 9.52 Å². The molecule has 0 atom stereocenters. The summed E-state index contributed by atoms with van der Waals surface area (Å²) in [7, 11) is -3.63. The summed E-state index contributed by atoms with van der Waals surface area (Å²) < 4.78 is 27.6. The second-order valence-electron chi connectivity index (χ2n) is 6.36. The minimum absolute atomic E-state index is 0.0957. The lowest BCUT2D eigenvalue weighted by Crippen LogP contribution is -2.35. The zero-order valence-corrected chi connectivity index (χ0v) is 16.1. The number of hydrogen-bond donors (Lipinski definition) is 1. The highest BCUT2D eigenvalue weighted by Crippen LogP contribution is 2.23. The van der Waals surface area contributed by atoms with Gasteiger partial charge in [-0.15, -0.1) is 11.3 Å². The zero-order valence-electron chi connectivity index (χ0n) is 14.5. The van der Waals surface area contributed by atoms with Crippen molar-refractivity contribution in [3.63, 3.8) is 0 Å². The highest BCUT2D eigenvalue weighted by molar-refractivity contribution is 7.94. The Labute approximate surface area is 162 Å². The van der Waals surface area contributed by atoms with Gasteiger partial charge in [-0.25, -0.2) is 8.42 Å². The third kappa shape index (κ3) is 3.74. The first kappa shape index (κ1) is 17.8. The fourth-order valence-electron chi connectivity index (χ4n) is 3.19. The summed E-state index contributed by atoms with van der Waals surface area (Å²) in [4.78, 5) is 14.7. The molecule has 0 saturated carbocycles. The largest absolute Gasteiger partial charge is 0.334 e. The number of anilines is 1. The van der Waals surface area contributed by atoms with Crippen molar-refractivity contribution in [3.05, 3.63) is 82.7 Å². The van der Waals surface area contributed by atoms with E-state index in [1.165, 1.54) is 5.56 Å². The summed E-state index contributed by atoms with van der Waals surface area (Å²) in [6.45, 7) is 1.22. The highest BCUT2D eigenvalue weighted by atomic mass is 32.2. The van der Waals surface area contributed by atoms with Gasteiger partial charge in [-0.2, -0.15) is 0 Å². The summed E-state index contributed by atoms with van der Waals surface area (Å²) in [5.41, 5.74) is 3.29. The molecule has 0 aliphatic carbocycles. The van der Waals surface area contributed by atoms with E-state index in [1.54, 1.807) is 46.7 Å². The van der Waals surface area contributed by atoms with E-state index >= 15 is 0 Å². The fraction of sp³-hybridized carbons (Fsp3) is 0.150. The normalized spacial score (nSPS) is 13.9. The lowest BCUT2D eigenvalue weighted by atomic mass is 9.99. The van der Waals surface area contributed by atoms with Crippen LogP contribution in [0, 0.1) is 0 Å². The Morgan fingerprint density at radius 3 is 2.59 bits per heavy atom. The number of amides is 1. The second-order valence-corrected chi connectivity index (χ2v) is 9.22. The number of hydrogen-bond acceptors (Lipinski definition) is 4. The monoisotopic (exact) mass is 398 g/mol. The highest BCUT2D eigenvalue weighted by Gasteiger charge is 2.22. The SMILES string of the molecule is O=C(c1cccc(NS(=O)(=O)c2cccs2)c1)N1CCc2ccccc2C1. The number of benzene rings is 2. The van der Waals surface area contributed by atoms with Gasteiger partial charge in [0.2, 0.25) is 0 Å². The van der Waals surface area contributed by atoms with Gasteiger partial charge in [0.1, 0.15) is 4.21 Å². The molecule has 0 bridgehead atoms. The van der Waals surface area contributed by atoms with Crippen LogP contribution in [0.4, 0.5) is 5.69 Å². The Morgan fingerprint density at radius 1 is 1.00 bits per heavy atom. The number of carbonyl (C=O) groups excluding carboxylic acids is 1. The number of sulfonamides is 1. The van der Waals surface area contributed by atoms with Crippen LogP contribution in [0.25, 0.3) is 0 Å². The Hall–Kier alpha value is -2.64. The molecule has 3 aromatic rings. The molecule has 1 N–H and O–H groups in total. The standard InChI is InChI=1S/C20H18N2O3S2/c23-20(22-11-10-15-5-1-2-6-17(15)14-22)16-7-3-8-18(13-16)21-27(24,25)19-9-4-12-26-19/h1-9,12-13,21H,10-11,14H2. The lowest BCUT2D eigenvalue weighted by Gasteiger charge is -2.29. The summed E-state index contributed by atoms with van der Waals surface area (Å²) in [6, 6.07) is 18.0. The molecule has 138 valence electrons. The van der Waals surface area contributed by atoms with Gasteiger partial charge in [0.05, 0.1) is 0 Å². The molecule has 0 radical (unpaired) electrons. The van der Waals surface area contributed by atoms with Crippen LogP contribution >= 0.6 is 11.3 Å². The molecule has 5 nitrogen and oxygen atoms in total. The second kappa shape index (κ2) is 7.17. The molecule has 0 fully saturated rings. The summed E-state index contributed by atoms with van der Waals surface area (Å²) in [5, 5.41) is 1.71. The van der Waals surface area contributed by atoms with Crippen molar-refractivity contribution in [2.45, 2.75) is 17.2 Å². The van der Waals surface area contributed by atoms with Crippen molar-refractivity contribution in [2.24, 2.45) is 0 Å². The number of thiophene rings is 1. The van der Waals surface area contributed by atoms with E-state index in [9.17, 15) is 13.2 Å². The molecule has 1 aliphatic rings. The fourth-order valence-corrected chi connectivity index (χ4v) is 5.23. The van der Waals surface area contributed by atoms with Crippen LogP contribution in [-0.4, -0.2) is 25.8 Å². The van der Waals surface area contributed by atoms with Crippen LogP contribution in [-0.2, 0) is 23.0 Å². The molecule has 27 heavy (non-hydrogen) atoms. The van der Waals surface area contributed by atoms with E-state index in [0.29, 0.717) is 24.3 Å². The van der Waals surface area contributed by atoms with E-state index < -0.39 is 10.0 Å². The Balaban J connectivity index is 1.53. The predicted molar refractivity (Wildman–Crippen MR) is 106 cm³/mol. The van der Waals surface area contributed by atoms with Crippen molar-refractivity contribution < 1.29 is 13.2 Å². The number of fused-ring (bicyclic) bond motifs is 1. The van der Waals surface area contributed by atoms with Crippen molar-refractivity contribution in [3.8, 4) is 0 Å². The molecule has 4 rings (SSSR count). The van der Waals surface area contributed by atoms with Gasteiger partial charge in [0, 0.05) is 24.3 Å². The van der Waals surface area contributed by atoms with Crippen LogP contribution in [0.5, 0.6) is 0 Å². The summed E-state index contributed by atoms with van der Waals surface area (Å²) >= 11 is 1.15. The average Bonchev–Trinajstić information content (AvgIpc) is 3.23. The predicted octanol–water partition coefficient (Wildman–Crippen LogP) is 3.75. The molecule has 0 spiro atoms. The smallest absolute Gasteiger partial charge is 0.271 e. The Bertz CT molecular complexity index is 1080. The molecular weight excluding hydrogens is 380 g/mol. The number of rotatable bonds is 4. The quantitative estimate of drug-likeness (QED) is 0.728. The Morgan fingerprint density at radius 2 is 1.81 bits per heavy atom. The summed E-state index contributed by atoms with van der Waals surface area (Å²) in [6.07, 6.45) is 0.826. The molecule has 1 aliphatic heterocycles. The molecule has 1 aromatic heterocycles. The topological polar surface area (TPSA) is 66.5 Å². The van der Waals surface area contributed by atoms with Gasteiger partial charge >= 0.3 is 0 Å². The average molecular weight is 399 g/mol. The van der Waals surface area contributed by atoms with E-state index in [-0.39, 0.29) is 10.1 Å². The van der Waals surface area contributed by atoms with Crippen molar-refractivity contribution in [1.82, 2.24) is 4.90 Å². The van der Waals surface area contributed by atoms with E-state index in [2.05, 4.69) is 10.8 Å². The maximum Gasteiger partial charge on any atom is 0.271 e. The third-order valence-corrected chi connectivity index (χ3v) is 7.32. The maximum atomic E-state index is 12.9. The minimum atomic E-state index is -3.63. The van der Waals surface area contributed by atoms with Crippen molar-refractivity contribution in [2.75, 3.05) is 11.3 Å². The van der Waals surface area contributed by atoms with Gasteiger partial charge in [0.15, 0.2) is 0 Å². The van der Waals surface area contributed by atoms with Crippen LogP contribution in [0.3, 0.4) is 0 Å². The zero-order chi connectivity index (χ0) is 18.9. The van der Waals surface area contributed by atoms with E-state index in [0.717, 1.165) is 23.3 Å². The molecule has 0 unspecified atom stereocenters. The first-order valence-corrected chi connectivity index (χ1v) is 10.9. The summed E-state index contributed by atoms with van der Waals surface area (Å²) in [5.74, 6) is -0.0957. The van der Waals surface area contributed by atoms with Crippen LogP contribution in [0.15, 0.2) is 70.3 Å². The first-order chi connectivity index (χ1) is 13.0. The van der Waals surface area contributed by atoms with Gasteiger partial charge < -0.3 is 4.90 Å². The molecule has 7 heteroatoms. The molecule has 2 heterocycles. The number of nitrogens with zero attached hydrogens (tertiary/aromatic N) is 1. The van der Waals surface area contributed by atoms with Crippen molar-refractivity contribution >= 4 is 33.0 Å². The molecule has 2 aromatic carbocycles. The minimum Gasteiger partial charge on any atom is -0.334 e. The van der Waals surface area contributed by atoms with E-state index in [4.69, 9.17) is 0 Å². The maximum absolute atomic E-state index is 12.9. The first-order valence-electron chi connectivity index (χ1n) is 8.55.